The molecule has 1 N–H and O–H groups in total. The van der Waals surface area contributed by atoms with Gasteiger partial charge in [0.15, 0.2) is 11.5 Å². The largest absolute Gasteiger partial charge is 0.314 e. The van der Waals surface area contributed by atoms with Crippen LogP contribution in [0.4, 0.5) is 15.8 Å². The van der Waals surface area contributed by atoms with Crippen LogP contribution in [0.3, 0.4) is 0 Å². The summed E-state index contributed by atoms with van der Waals surface area (Å²) in [7, 11) is 1.79. The first-order valence-corrected chi connectivity index (χ1v) is 6.98. The molecule has 1 fully saturated rings. The molecule has 1 saturated heterocycles. The number of likely N-dealkylation sites (N-methyl/N-ethyl adjacent to an activating group) is 1. The number of ketones is 1. The first-order chi connectivity index (χ1) is 10.5. The van der Waals surface area contributed by atoms with E-state index in [0.717, 1.165) is 12.6 Å². The molecule has 1 aromatic rings. The second-order valence-electron chi connectivity index (χ2n) is 5.41. The molecule has 1 unspecified atom stereocenters. The van der Waals surface area contributed by atoms with Gasteiger partial charge in [0, 0.05) is 32.3 Å². The van der Waals surface area contributed by atoms with Crippen molar-refractivity contribution in [1.82, 2.24) is 10.2 Å². The summed E-state index contributed by atoms with van der Waals surface area (Å²) in [5, 5.41) is 14.6. The van der Waals surface area contributed by atoms with Crippen LogP contribution in [-0.4, -0.2) is 48.5 Å². The molecule has 116 valence electrons. The van der Waals surface area contributed by atoms with E-state index in [4.69, 9.17) is 0 Å². The van der Waals surface area contributed by atoms with E-state index >= 15 is 0 Å². The molecular weight excluding hydrogens is 291 g/mol. The minimum Gasteiger partial charge on any atom is -0.314 e. The molecule has 0 radical (unpaired) electrons. The Balaban J connectivity index is 2.24. The molecule has 2 heterocycles. The number of carbonyl (C=O) groups is 1. The molecule has 0 amide bonds. The predicted molar refractivity (Wildman–Crippen MR) is 78.4 cm³/mol. The van der Waals surface area contributed by atoms with E-state index in [1.807, 2.05) is 4.90 Å². The summed E-state index contributed by atoms with van der Waals surface area (Å²) < 4.78 is 14.6. The van der Waals surface area contributed by atoms with Crippen molar-refractivity contribution in [2.75, 3.05) is 26.7 Å². The molecule has 8 heteroatoms. The van der Waals surface area contributed by atoms with Crippen LogP contribution in [0, 0.1) is 15.9 Å². The number of Topliss-reactive ketones (excluding diaryl/α,β-unsaturated/α-hetero) is 1. The van der Waals surface area contributed by atoms with E-state index in [9.17, 15) is 19.3 Å². The van der Waals surface area contributed by atoms with Crippen LogP contribution in [0.25, 0.3) is 0 Å². The molecule has 7 nitrogen and oxygen atoms in total. The highest BCUT2D eigenvalue weighted by Crippen LogP contribution is 2.42. The number of rotatable bonds is 2. The lowest BCUT2D eigenvalue weighted by molar-refractivity contribution is -0.385. The Morgan fingerprint density at radius 1 is 1.55 bits per heavy atom. The molecule has 0 saturated carbocycles. The van der Waals surface area contributed by atoms with Gasteiger partial charge in [-0.15, -0.1) is 0 Å². The zero-order valence-corrected chi connectivity index (χ0v) is 12.0. The van der Waals surface area contributed by atoms with E-state index in [-0.39, 0.29) is 29.0 Å². The van der Waals surface area contributed by atoms with Crippen molar-refractivity contribution in [3.05, 3.63) is 33.1 Å². The van der Waals surface area contributed by atoms with Crippen LogP contribution in [-0.2, 0) is 0 Å². The maximum absolute atomic E-state index is 14.6. The summed E-state index contributed by atoms with van der Waals surface area (Å²) in [5.74, 6) is -1.08. The van der Waals surface area contributed by atoms with Crippen molar-refractivity contribution in [3.8, 4) is 0 Å². The van der Waals surface area contributed by atoms with Crippen LogP contribution in [0.5, 0.6) is 0 Å². The van der Waals surface area contributed by atoms with Crippen molar-refractivity contribution >= 4 is 23.4 Å². The first-order valence-electron chi connectivity index (χ1n) is 6.98. The fourth-order valence-corrected chi connectivity index (χ4v) is 2.94. The first kappa shape index (κ1) is 14.7. The number of nitrogens with zero attached hydrogens (tertiary/aromatic N) is 3. The van der Waals surface area contributed by atoms with Crippen molar-refractivity contribution in [1.29, 1.82) is 0 Å². The minimum atomic E-state index is -0.726. The second-order valence-corrected chi connectivity index (χ2v) is 5.41. The zero-order valence-electron chi connectivity index (χ0n) is 12.0. The van der Waals surface area contributed by atoms with E-state index < -0.39 is 22.5 Å². The molecular formula is C14H15FN4O3. The topological polar surface area (TPSA) is 87.8 Å². The summed E-state index contributed by atoms with van der Waals surface area (Å²) in [5.41, 5.74) is -0.455. The number of hydrogen-bond donors (Lipinski definition) is 1. The molecule has 2 aliphatic heterocycles. The fraction of sp³-hybridized carbons (Fsp3) is 0.429. The monoisotopic (exact) mass is 306 g/mol. The second kappa shape index (κ2) is 5.54. The van der Waals surface area contributed by atoms with Gasteiger partial charge >= 0.3 is 5.69 Å². The molecule has 0 aliphatic carbocycles. The summed E-state index contributed by atoms with van der Waals surface area (Å²) in [6, 6.07) is 0.616. The molecule has 0 spiro atoms. The third-order valence-corrected chi connectivity index (χ3v) is 4.09. The Kier molecular flexibility index (Phi) is 3.71. The van der Waals surface area contributed by atoms with Gasteiger partial charge in [-0.2, -0.15) is 0 Å². The third-order valence-electron chi connectivity index (χ3n) is 4.09. The van der Waals surface area contributed by atoms with E-state index in [1.165, 1.54) is 6.21 Å². The maximum Gasteiger partial charge on any atom is 0.303 e. The Morgan fingerprint density at radius 3 is 3.00 bits per heavy atom. The van der Waals surface area contributed by atoms with Gasteiger partial charge in [-0.3, -0.25) is 24.8 Å². The lowest BCUT2D eigenvalue weighted by Gasteiger charge is -2.33. The molecule has 0 aromatic heterocycles. The molecule has 1 aromatic carbocycles. The maximum atomic E-state index is 14.6. The fourth-order valence-electron chi connectivity index (χ4n) is 2.94. The van der Waals surface area contributed by atoms with E-state index in [0.29, 0.717) is 13.1 Å². The van der Waals surface area contributed by atoms with Crippen molar-refractivity contribution in [3.63, 3.8) is 0 Å². The lowest BCUT2D eigenvalue weighted by Crippen LogP contribution is -2.44. The Labute approximate surface area is 126 Å². The van der Waals surface area contributed by atoms with E-state index in [1.54, 1.807) is 7.05 Å². The van der Waals surface area contributed by atoms with Gasteiger partial charge < -0.3 is 5.32 Å². The van der Waals surface area contributed by atoms with Gasteiger partial charge in [0.1, 0.15) is 5.82 Å². The number of aliphatic imine (C=N–C) groups is 1. The summed E-state index contributed by atoms with van der Waals surface area (Å²) in [4.78, 5) is 28.6. The Hall–Kier alpha value is -2.19. The Morgan fingerprint density at radius 2 is 2.32 bits per heavy atom. The molecule has 2 aliphatic rings. The molecule has 3 rings (SSSR count). The number of carbonyl (C=O) groups excluding carboxylic acids is 1. The average Bonchev–Trinajstić information content (AvgIpc) is 2.48. The van der Waals surface area contributed by atoms with Gasteiger partial charge in [-0.25, -0.2) is 4.39 Å². The number of piperazine rings is 1. The molecule has 22 heavy (non-hydrogen) atoms. The van der Waals surface area contributed by atoms with Crippen LogP contribution in [0.15, 0.2) is 11.1 Å². The summed E-state index contributed by atoms with van der Waals surface area (Å²) in [6.07, 6.45) is 1.37. The van der Waals surface area contributed by atoms with Gasteiger partial charge in [0.05, 0.1) is 22.1 Å². The third kappa shape index (κ3) is 2.30. The van der Waals surface area contributed by atoms with E-state index in [2.05, 4.69) is 10.3 Å². The van der Waals surface area contributed by atoms with Crippen LogP contribution < -0.4 is 5.32 Å². The highest BCUT2D eigenvalue weighted by Gasteiger charge is 2.36. The number of nitro benzene ring substituents is 1. The molecule has 1 atom stereocenters. The minimum absolute atomic E-state index is 0.00898. The molecule has 0 bridgehead atoms. The normalized spacial score (nSPS) is 21.7. The zero-order chi connectivity index (χ0) is 15.9. The van der Waals surface area contributed by atoms with Gasteiger partial charge in [-0.1, -0.05) is 0 Å². The summed E-state index contributed by atoms with van der Waals surface area (Å²) >= 11 is 0. The quantitative estimate of drug-likeness (QED) is 0.662. The number of fused-ring (bicyclic) bond motifs is 1. The standard InChI is InChI=1S/C14H15FN4O3/c1-18-5-4-16-7-10(18)12-9(15)6-8-11(20)2-3-17-13(8)14(12)19(21)22/h3,6,10,16H,2,4-5,7H2,1H3. The Bertz CT molecular complexity index is 689. The van der Waals surface area contributed by atoms with Crippen molar-refractivity contribution in [2.24, 2.45) is 4.99 Å². The number of hydrogen-bond acceptors (Lipinski definition) is 6. The number of benzene rings is 1. The smallest absolute Gasteiger partial charge is 0.303 e. The lowest BCUT2D eigenvalue weighted by atomic mass is 9.94. The van der Waals surface area contributed by atoms with Gasteiger partial charge in [0.25, 0.3) is 0 Å². The van der Waals surface area contributed by atoms with Gasteiger partial charge in [-0.05, 0) is 13.1 Å². The van der Waals surface area contributed by atoms with Crippen molar-refractivity contribution < 1.29 is 14.1 Å². The number of halogens is 1. The SMILES string of the molecule is CN1CCNCC1c1c(F)cc2c(c1[N+](=O)[O-])N=CCC2=O. The van der Waals surface area contributed by atoms with Crippen LogP contribution >= 0.6 is 0 Å². The predicted octanol–water partition coefficient (Wildman–Crippen LogP) is 1.60. The van der Waals surface area contributed by atoms with Crippen LogP contribution in [0.1, 0.15) is 28.4 Å². The van der Waals surface area contributed by atoms with Crippen LogP contribution in [0.2, 0.25) is 0 Å². The van der Waals surface area contributed by atoms with Crippen molar-refractivity contribution in [2.45, 2.75) is 12.5 Å². The number of nitrogens with one attached hydrogen (secondary N) is 1. The average molecular weight is 306 g/mol. The highest BCUT2D eigenvalue weighted by molar-refractivity contribution is 6.11. The van der Waals surface area contributed by atoms with Gasteiger partial charge in [0.2, 0.25) is 0 Å². The summed E-state index contributed by atoms with van der Waals surface area (Å²) in [6.45, 7) is 1.80. The number of nitro groups is 1. The highest BCUT2D eigenvalue weighted by atomic mass is 19.1.